The predicted octanol–water partition coefficient (Wildman–Crippen LogP) is 3.07. The third kappa shape index (κ3) is 6.10. The van der Waals surface area contributed by atoms with Crippen LogP contribution in [0.25, 0.3) is 0 Å². The second-order valence-electron chi connectivity index (χ2n) is 6.07. The molecule has 7 heteroatoms. The summed E-state index contributed by atoms with van der Waals surface area (Å²) in [6.07, 6.45) is -0.154. The van der Waals surface area contributed by atoms with Gasteiger partial charge in [0.05, 0.1) is 18.8 Å². The van der Waals surface area contributed by atoms with Gasteiger partial charge >= 0.3 is 0 Å². The van der Waals surface area contributed by atoms with Crippen LogP contribution >= 0.6 is 0 Å². The Hall–Kier alpha value is -2.57. The van der Waals surface area contributed by atoms with Crippen LogP contribution in [-0.4, -0.2) is 30.8 Å². The SMILES string of the molecule is CN=C(NCc1cc(C(C)C)no1)NCC(C)Oc1cccc(F)c1. The Kier molecular flexibility index (Phi) is 6.80. The van der Waals surface area contributed by atoms with E-state index in [1.54, 1.807) is 19.2 Å². The first kappa shape index (κ1) is 18.8. The topological polar surface area (TPSA) is 71.7 Å². The Morgan fingerprint density at radius 3 is 2.72 bits per heavy atom. The number of guanidine groups is 1. The van der Waals surface area contributed by atoms with Crippen LogP contribution < -0.4 is 15.4 Å². The van der Waals surface area contributed by atoms with Crippen LogP contribution in [0, 0.1) is 5.82 Å². The number of aromatic nitrogens is 1. The monoisotopic (exact) mass is 348 g/mol. The van der Waals surface area contributed by atoms with Gasteiger partial charge in [-0.05, 0) is 25.0 Å². The summed E-state index contributed by atoms with van der Waals surface area (Å²) in [6, 6.07) is 8.02. The average molecular weight is 348 g/mol. The Labute approximate surface area is 147 Å². The summed E-state index contributed by atoms with van der Waals surface area (Å²) >= 11 is 0. The molecule has 0 bridgehead atoms. The van der Waals surface area contributed by atoms with E-state index >= 15 is 0 Å². The van der Waals surface area contributed by atoms with E-state index in [0.717, 1.165) is 11.5 Å². The van der Waals surface area contributed by atoms with E-state index in [1.165, 1.54) is 12.1 Å². The fraction of sp³-hybridized carbons (Fsp3) is 0.444. The van der Waals surface area contributed by atoms with Crippen LogP contribution in [0.2, 0.25) is 0 Å². The standard InChI is InChI=1S/C18H25FN4O2/c1-12(2)17-9-16(25-23-17)11-22-18(20-4)21-10-13(3)24-15-7-5-6-14(19)8-15/h5-9,12-13H,10-11H2,1-4H3,(H2,20,21,22). The van der Waals surface area contributed by atoms with E-state index in [1.807, 2.05) is 13.0 Å². The van der Waals surface area contributed by atoms with Gasteiger partial charge in [0, 0.05) is 19.2 Å². The van der Waals surface area contributed by atoms with Crippen LogP contribution in [0.1, 0.15) is 38.1 Å². The Morgan fingerprint density at radius 1 is 1.28 bits per heavy atom. The van der Waals surface area contributed by atoms with Crippen molar-refractivity contribution in [2.24, 2.45) is 4.99 Å². The number of nitrogens with one attached hydrogen (secondary N) is 2. The van der Waals surface area contributed by atoms with Crippen molar-refractivity contribution >= 4 is 5.96 Å². The highest BCUT2D eigenvalue weighted by atomic mass is 19.1. The lowest BCUT2D eigenvalue weighted by molar-refractivity contribution is 0.223. The predicted molar refractivity (Wildman–Crippen MR) is 95.3 cm³/mol. The Bertz CT molecular complexity index is 700. The highest BCUT2D eigenvalue weighted by Gasteiger charge is 2.09. The fourth-order valence-electron chi connectivity index (χ4n) is 2.13. The second kappa shape index (κ2) is 9.05. The first-order valence-electron chi connectivity index (χ1n) is 8.30. The Morgan fingerprint density at radius 2 is 2.08 bits per heavy atom. The summed E-state index contributed by atoms with van der Waals surface area (Å²) in [7, 11) is 1.69. The molecule has 0 spiro atoms. The van der Waals surface area contributed by atoms with Gasteiger partial charge in [-0.3, -0.25) is 4.99 Å². The van der Waals surface area contributed by atoms with Crippen molar-refractivity contribution in [3.8, 4) is 5.75 Å². The molecule has 1 aromatic carbocycles. The minimum atomic E-state index is -0.317. The van der Waals surface area contributed by atoms with Gasteiger partial charge in [-0.1, -0.05) is 25.1 Å². The highest BCUT2D eigenvalue weighted by Crippen LogP contribution is 2.14. The quantitative estimate of drug-likeness (QED) is 0.594. The van der Waals surface area contributed by atoms with E-state index < -0.39 is 0 Å². The number of hydrogen-bond acceptors (Lipinski definition) is 4. The van der Waals surface area contributed by atoms with Gasteiger partial charge in [-0.15, -0.1) is 0 Å². The smallest absolute Gasteiger partial charge is 0.191 e. The number of rotatable bonds is 7. The molecule has 1 unspecified atom stereocenters. The molecule has 0 saturated carbocycles. The zero-order valence-electron chi connectivity index (χ0n) is 15.0. The van der Waals surface area contributed by atoms with Crippen molar-refractivity contribution < 1.29 is 13.7 Å². The minimum Gasteiger partial charge on any atom is -0.489 e. The van der Waals surface area contributed by atoms with Gasteiger partial charge in [0.1, 0.15) is 17.7 Å². The molecule has 25 heavy (non-hydrogen) atoms. The van der Waals surface area contributed by atoms with Gasteiger partial charge in [0.25, 0.3) is 0 Å². The summed E-state index contributed by atoms with van der Waals surface area (Å²) in [5.74, 6) is 1.88. The van der Waals surface area contributed by atoms with Gasteiger partial charge in [0.15, 0.2) is 11.7 Å². The molecule has 136 valence electrons. The highest BCUT2D eigenvalue weighted by molar-refractivity contribution is 5.79. The largest absolute Gasteiger partial charge is 0.489 e. The summed E-state index contributed by atoms with van der Waals surface area (Å²) in [6.45, 7) is 7.03. The molecule has 1 heterocycles. The number of hydrogen-bond donors (Lipinski definition) is 2. The van der Waals surface area contributed by atoms with Crippen LogP contribution in [0.4, 0.5) is 4.39 Å². The molecule has 0 saturated heterocycles. The van der Waals surface area contributed by atoms with Gasteiger partial charge in [-0.2, -0.15) is 0 Å². The summed E-state index contributed by atoms with van der Waals surface area (Å²) < 4.78 is 24.1. The third-order valence-electron chi connectivity index (χ3n) is 3.51. The molecule has 0 aliphatic rings. The van der Waals surface area contributed by atoms with Crippen LogP contribution in [0.5, 0.6) is 5.75 Å². The van der Waals surface area contributed by atoms with Gasteiger partial charge in [0.2, 0.25) is 0 Å². The van der Waals surface area contributed by atoms with Gasteiger partial charge < -0.3 is 19.9 Å². The van der Waals surface area contributed by atoms with Crippen molar-refractivity contribution in [1.29, 1.82) is 0 Å². The maximum atomic E-state index is 13.2. The summed E-state index contributed by atoms with van der Waals surface area (Å²) in [5.41, 5.74) is 0.928. The van der Waals surface area contributed by atoms with Crippen molar-refractivity contribution in [3.63, 3.8) is 0 Å². The molecular weight excluding hydrogens is 323 g/mol. The normalized spacial score (nSPS) is 13.0. The fourth-order valence-corrected chi connectivity index (χ4v) is 2.13. The average Bonchev–Trinajstić information content (AvgIpc) is 3.04. The molecule has 0 radical (unpaired) electrons. The van der Waals surface area contributed by atoms with Crippen molar-refractivity contribution in [3.05, 3.63) is 47.6 Å². The minimum absolute atomic E-state index is 0.154. The molecule has 1 atom stereocenters. The first-order valence-corrected chi connectivity index (χ1v) is 8.30. The molecule has 0 fully saturated rings. The van der Waals surface area contributed by atoms with E-state index in [-0.39, 0.29) is 11.9 Å². The second-order valence-corrected chi connectivity index (χ2v) is 6.07. The maximum Gasteiger partial charge on any atom is 0.191 e. The van der Waals surface area contributed by atoms with Crippen molar-refractivity contribution in [2.45, 2.75) is 39.3 Å². The van der Waals surface area contributed by atoms with Crippen molar-refractivity contribution in [1.82, 2.24) is 15.8 Å². The zero-order chi connectivity index (χ0) is 18.2. The van der Waals surface area contributed by atoms with E-state index in [0.29, 0.717) is 30.7 Å². The molecule has 0 aliphatic heterocycles. The van der Waals surface area contributed by atoms with Crippen LogP contribution in [0.3, 0.4) is 0 Å². The maximum absolute atomic E-state index is 13.2. The summed E-state index contributed by atoms with van der Waals surface area (Å²) in [4.78, 5) is 4.15. The molecule has 0 aliphatic carbocycles. The van der Waals surface area contributed by atoms with E-state index in [2.05, 4.69) is 34.6 Å². The molecule has 0 amide bonds. The van der Waals surface area contributed by atoms with E-state index in [9.17, 15) is 4.39 Å². The molecule has 2 N–H and O–H groups in total. The van der Waals surface area contributed by atoms with Gasteiger partial charge in [-0.25, -0.2) is 4.39 Å². The van der Waals surface area contributed by atoms with E-state index in [4.69, 9.17) is 9.26 Å². The third-order valence-corrected chi connectivity index (χ3v) is 3.51. The number of benzene rings is 1. The molecule has 6 nitrogen and oxygen atoms in total. The molecule has 1 aromatic heterocycles. The number of nitrogens with zero attached hydrogens (tertiary/aromatic N) is 2. The number of halogens is 1. The van der Waals surface area contributed by atoms with Crippen LogP contribution in [0.15, 0.2) is 39.8 Å². The number of ether oxygens (including phenoxy) is 1. The number of aliphatic imine (C=N–C) groups is 1. The van der Waals surface area contributed by atoms with Crippen LogP contribution in [-0.2, 0) is 6.54 Å². The molecular formula is C18H25FN4O2. The van der Waals surface area contributed by atoms with Crippen molar-refractivity contribution in [2.75, 3.05) is 13.6 Å². The molecule has 2 aromatic rings. The summed E-state index contributed by atoms with van der Waals surface area (Å²) in [5, 5.41) is 10.3. The molecule has 2 rings (SSSR count). The zero-order valence-corrected chi connectivity index (χ0v) is 15.0. The lowest BCUT2D eigenvalue weighted by atomic mass is 10.1. The first-order chi connectivity index (χ1) is 12.0. The Balaban J connectivity index is 1.77. The lowest BCUT2D eigenvalue weighted by Crippen LogP contribution is -2.41. The lowest BCUT2D eigenvalue weighted by Gasteiger charge is -2.17.